The first-order valence-electron chi connectivity index (χ1n) is 6.18. The van der Waals surface area contributed by atoms with Crippen molar-refractivity contribution < 1.29 is 4.79 Å². The van der Waals surface area contributed by atoms with Crippen molar-refractivity contribution >= 4 is 5.91 Å². The van der Waals surface area contributed by atoms with Gasteiger partial charge in [-0.3, -0.25) is 4.79 Å². The first kappa shape index (κ1) is 13.8. The number of amides is 1. The third-order valence-corrected chi connectivity index (χ3v) is 3.27. The van der Waals surface area contributed by atoms with Crippen molar-refractivity contribution in [2.24, 2.45) is 5.41 Å². The summed E-state index contributed by atoms with van der Waals surface area (Å²) in [6.45, 7) is 9.34. The standard InChI is InChI=1S/C15H23NO/c1-6-15(3,4)11-16(5)14(17)13-9-7-12(2)8-10-13/h7-10H,6,11H2,1-5H3. The van der Waals surface area contributed by atoms with Gasteiger partial charge in [-0.15, -0.1) is 0 Å². The fourth-order valence-corrected chi connectivity index (χ4v) is 1.74. The Balaban J connectivity index is 2.73. The third-order valence-electron chi connectivity index (χ3n) is 3.27. The summed E-state index contributed by atoms with van der Waals surface area (Å²) in [5.74, 6) is 0.103. The lowest BCUT2D eigenvalue weighted by atomic mass is 9.89. The van der Waals surface area contributed by atoms with Gasteiger partial charge in [-0.2, -0.15) is 0 Å². The molecule has 0 aliphatic rings. The number of carbonyl (C=O) groups is 1. The van der Waals surface area contributed by atoms with Crippen LogP contribution in [0.3, 0.4) is 0 Å². The van der Waals surface area contributed by atoms with Crippen molar-refractivity contribution in [2.45, 2.75) is 34.1 Å². The van der Waals surface area contributed by atoms with E-state index in [0.29, 0.717) is 0 Å². The van der Waals surface area contributed by atoms with Crippen LogP contribution < -0.4 is 0 Å². The summed E-state index contributed by atoms with van der Waals surface area (Å²) in [6, 6.07) is 7.75. The number of carbonyl (C=O) groups excluding carboxylic acids is 1. The highest BCUT2D eigenvalue weighted by atomic mass is 16.2. The second-order valence-electron chi connectivity index (χ2n) is 5.55. The smallest absolute Gasteiger partial charge is 0.253 e. The van der Waals surface area contributed by atoms with Gasteiger partial charge in [-0.1, -0.05) is 38.5 Å². The van der Waals surface area contributed by atoms with Crippen molar-refractivity contribution in [3.05, 3.63) is 35.4 Å². The van der Waals surface area contributed by atoms with Gasteiger partial charge in [0, 0.05) is 19.2 Å². The van der Waals surface area contributed by atoms with E-state index in [2.05, 4.69) is 20.8 Å². The zero-order chi connectivity index (χ0) is 13.1. The molecule has 0 heterocycles. The van der Waals surface area contributed by atoms with Crippen LogP contribution in [-0.4, -0.2) is 24.4 Å². The van der Waals surface area contributed by atoms with Gasteiger partial charge in [-0.05, 0) is 30.9 Å². The summed E-state index contributed by atoms with van der Waals surface area (Å²) < 4.78 is 0. The van der Waals surface area contributed by atoms with Crippen molar-refractivity contribution in [2.75, 3.05) is 13.6 Å². The molecule has 1 aromatic carbocycles. The molecule has 0 aliphatic carbocycles. The first-order chi connectivity index (χ1) is 7.85. The molecule has 0 bridgehead atoms. The molecule has 0 fully saturated rings. The molecule has 17 heavy (non-hydrogen) atoms. The van der Waals surface area contributed by atoms with Crippen LogP contribution in [0, 0.1) is 12.3 Å². The van der Waals surface area contributed by atoms with Crippen LogP contribution in [0.25, 0.3) is 0 Å². The number of rotatable bonds is 4. The lowest BCUT2D eigenvalue weighted by Crippen LogP contribution is -2.35. The zero-order valence-electron chi connectivity index (χ0n) is 11.6. The van der Waals surface area contributed by atoms with Gasteiger partial charge in [0.25, 0.3) is 5.91 Å². The fourth-order valence-electron chi connectivity index (χ4n) is 1.74. The lowest BCUT2D eigenvalue weighted by Gasteiger charge is -2.29. The van der Waals surface area contributed by atoms with Crippen LogP contribution in [0.2, 0.25) is 0 Å². The van der Waals surface area contributed by atoms with Crippen LogP contribution >= 0.6 is 0 Å². The highest BCUT2D eigenvalue weighted by Crippen LogP contribution is 2.21. The molecule has 0 spiro atoms. The molecule has 0 aliphatic heterocycles. The Labute approximate surface area is 105 Å². The van der Waals surface area contributed by atoms with Crippen molar-refractivity contribution in [1.29, 1.82) is 0 Å². The van der Waals surface area contributed by atoms with Crippen LogP contribution in [0.5, 0.6) is 0 Å². The minimum Gasteiger partial charge on any atom is -0.341 e. The second-order valence-corrected chi connectivity index (χ2v) is 5.55. The van der Waals surface area contributed by atoms with E-state index >= 15 is 0 Å². The average molecular weight is 233 g/mol. The quantitative estimate of drug-likeness (QED) is 0.779. The number of aryl methyl sites for hydroxylation is 1. The minimum absolute atomic E-state index is 0.103. The van der Waals surface area contributed by atoms with Crippen LogP contribution in [0.15, 0.2) is 24.3 Å². The zero-order valence-corrected chi connectivity index (χ0v) is 11.6. The molecule has 1 rings (SSSR count). The second kappa shape index (κ2) is 5.35. The van der Waals surface area contributed by atoms with Gasteiger partial charge in [0.2, 0.25) is 0 Å². The van der Waals surface area contributed by atoms with E-state index in [0.717, 1.165) is 18.5 Å². The molecular weight excluding hydrogens is 210 g/mol. The summed E-state index contributed by atoms with van der Waals surface area (Å²) in [6.07, 6.45) is 1.07. The van der Waals surface area contributed by atoms with Gasteiger partial charge >= 0.3 is 0 Å². The van der Waals surface area contributed by atoms with Crippen LogP contribution in [-0.2, 0) is 0 Å². The Bertz CT molecular complexity index is 378. The summed E-state index contributed by atoms with van der Waals surface area (Å²) in [5, 5.41) is 0. The van der Waals surface area contributed by atoms with E-state index in [1.165, 1.54) is 5.56 Å². The number of benzene rings is 1. The molecule has 0 saturated heterocycles. The monoisotopic (exact) mass is 233 g/mol. The van der Waals surface area contributed by atoms with Gasteiger partial charge in [0.15, 0.2) is 0 Å². The van der Waals surface area contributed by atoms with E-state index in [4.69, 9.17) is 0 Å². The molecule has 0 aromatic heterocycles. The maximum absolute atomic E-state index is 12.2. The van der Waals surface area contributed by atoms with Gasteiger partial charge < -0.3 is 4.90 Å². The van der Waals surface area contributed by atoms with Crippen molar-refractivity contribution in [1.82, 2.24) is 4.90 Å². The molecule has 2 nitrogen and oxygen atoms in total. The van der Waals surface area contributed by atoms with Crippen LogP contribution in [0.1, 0.15) is 43.1 Å². The average Bonchev–Trinajstić information content (AvgIpc) is 2.28. The Morgan fingerprint density at radius 3 is 2.24 bits per heavy atom. The summed E-state index contributed by atoms with van der Waals surface area (Å²) >= 11 is 0. The summed E-state index contributed by atoms with van der Waals surface area (Å²) in [7, 11) is 1.87. The highest BCUT2D eigenvalue weighted by molar-refractivity contribution is 5.94. The molecule has 0 atom stereocenters. The largest absolute Gasteiger partial charge is 0.341 e. The Morgan fingerprint density at radius 2 is 1.76 bits per heavy atom. The maximum atomic E-state index is 12.2. The fraction of sp³-hybridized carbons (Fsp3) is 0.533. The Morgan fingerprint density at radius 1 is 1.24 bits per heavy atom. The van der Waals surface area contributed by atoms with E-state index in [1.54, 1.807) is 0 Å². The molecule has 0 N–H and O–H groups in total. The minimum atomic E-state index is 0.103. The normalized spacial score (nSPS) is 11.4. The van der Waals surface area contributed by atoms with Crippen LogP contribution in [0.4, 0.5) is 0 Å². The van der Waals surface area contributed by atoms with Crippen molar-refractivity contribution in [3.63, 3.8) is 0 Å². The Kier molecular flexibility index (Phi) is 4.33. The molecule has 0 saturated carbocycles. The number of hydrogen-bond donors (Lipinski definition) is 0. The predicted octanol–water partition coefficient (Wildman–Crippen LogP) is 3.50. The van der Waals surface area contributed by atoms with E-state index < -0.39 is 0 Å². The van der Waals surface area contributed by atoms with Crippen molar-refractivity contribution in [3.8, 4) is 0 Å². The molecule has 1 amide bonds. The predicted molar refractivity (Wildman–Crippen MR) is 72.2 cm³/mol. The Hall–Kier alpha value is -1.31. The molecule has 1 aromatic rings. The lowest BCUT2D eigenvalue weighted by molar-refractivity contribution is 0.0733. The molecule has 94 valence electrons. The van der Waals surface area contributed by atoms with Gasteiger partial charge in [0.1, 0.15) is 0 Å². The molecule has 0 radical (unpaired) electrons. The number of hydrogen-bond acceptors (Lipinski definition) is 1. The van der Waals surface area contributed by atoms with Gasteiger partial charge in [0.05, 0.1) is 0 Å². The van der Waals surface area contributed by atoms with E-state index in [9.17, 15) is 4.79 Å². The summed E-state index contributed by atoms with van der Waals surface area (Å²) in [5.41, 5.74) is 2.12. The molecule has 2 heteroatoms. The SMILES string of the molecule is CCC(C)(C)CN(C)C(=O)c1ccc(C)cc1. The summed E-state index contributed by atoms with van der Waals surface area (Å²) in [4.78, 5) is 14.0. The van der Waals surface area contributed by atoms with E-state index in [-0.39, 0.29) is 11.3 Å². The number of nitrogens with zero attached hydrogens (tertiary/aromatic N) is 1. The topological polar surface area (TPSA) is 20.3 Å². The molecular formula is C15H23NO. The highest BCUT2D eigenvalue weighted by Gasteiger charge is 2.21. The first-order valence-corrected chi connectivity index (χ1v) is 6.18. The molecule has 0 unspecified atom stereocenters. The van der Waals surface area contributed by atoms with E-state index in [1.807, 2.05) is 43.1 Å². The van der Waals surface area contributed by atoms with Gasteiger partial charge in [-0.25, -0.2) is 0 Å². The third kappa shape index (κ3) is 3.88. The maximum Gasteiger partial charge on any atom is 0.253 e.